The Bertz CT molecular complexity index is 797. The molecule has 1 N–H and O–H groups in total. The van der Waals surface area contributed by atoms with E-state index < -0.39 is 0 Å². The summed E-state index contributed by atoms with van der Waals surface area (Å²) >= 11 is 3.36. The van der Waals surface area contributed by atoms with Crippen molar-refractivity contribution in [2.45, 2.75) is 6.54 Å². The molecule has 0 bridgehead atoms. The third kappa shape index (κ3) is 3.20. The summed E-state index contributed by atoms with van der Waals surface area (Å²) in [6, 6.07) is 13.6. The van der Waals surface area contributed by atoms with E-state index in [2.05, 4.69) is 31.3 Å². The topological polar surface area (TPSA) is 80.9 Å². The smallest absolute Gasteiger partial charge is 0.204 e. The molecule has 0 amide bonds. The molecular formula is C15H11BrN4O2. The highest BCUT2D eigenvalue weighted by Gasteiger charge is 2.11. The summed E-state index contributed by atoms with van der Waals surface area (Å²) in [7, 11) is 0. The predicted octanol–water partition coefficient (Wildman–Crippen LogP) is 2.69. The van der Waals surface area contributed by atoms with E-state index >= 15 is 0 Å². The van der Waals surface area contributed by atoms with Crippen molar-refractivity contribution in [3.05, 3.63) is 58.6 Å². The molecule has 0 aliphatic rings. The highest BCUT2D eigenvalue weighted by molar-refractivity contribution is 9.10. The SMILES string of the molecule is O=C(Cn1nnc(-c2ccc(Br)cc2)n1)c1ccc(O)cc1. The van der Waals surface area contributed by atoms with Crippen molar-refractivity contribution in [1.82, 2.24) is 20.2 Å². The van der Waals surface area contributed by atoms with Crippen LogP contribution >= 0.6 is 15.9 Å². The molecule has 0 aliphatic carbocycles. The van der Waals surface area contributed by atoms with Crippen LogP contribution in [0.25, 0.3) is 11.4 Å². The normalized spacial score (nSPS) is 10.6. The van der Waals surface area contributed by atoms with Gasteiger partial charge in [0.1, 0.15) is 12.3 Å². The van der Waals surface area contributed by atoms with Gasteiger partial charge >= 0.3 is 0 Å². The van der Waals surface area contributed by atoms with Gasteiger partial charge in [0.05, 0.1) is 0 Å². The highest BCUT2D eigenvalue weighted by Crippen LogP contribution is 2.17. The Morgan fingerprint density at radius 1 is 1.09 bits per heavy atom. The van der Waals surface area contributed by atoms with E-state index in [1.807, 2.05) is 24.3 Å². The number of halogens is 1. The van der Waals surface area contributed by atoms with Gasteiger partial charge in [-0.15, -0.1) is 10.2 Å². The Morgan fingerprint density at radius 2 is 1.77 bits per heavy atom. The number of phenols is 1. The first-order valence-corrected chi connectivity index (χ1v) is 7.27. The second kappa shape index (κ2) is 6.07. The molecule has 6 nitrogen and oxygen atoms in total. The van der Waals surface area contributed by atoms with Gasteiger partial charge in [0.15, 0.2) is 5.78 Å². The summed E-state index contributed by atoms with van der Waals surface area (Å²) < 4.78 is 0.964. The molecule has 22 heavy (non-hydrogen) atoms. The molecule has 7 heteroatoms. The molecular weight excluding hydrogens is 348 g/mol. The first-order valence-electron chi connectivity index (χ1n) is 6.48. The minimum atomic E-state index is -0.153. The van der Waals surface area contributed by atoms with Gasteiger partial charge in [0.25, 0.3) is 0 Å². The van der Waals surface area contributed by atoms with Crippen molar-refractivity contribution in [2.75, 3.05) is 0 Å². The molecule has 1 heterocycles. The number of aromatic nitrogens is 4. The Labute approximate surface area is 134 Å². The van der Waals surface area contributed by atoms with Crippen LogP contribution in [0.1, 0.15) is 10.4 Å². The van der Waals surface area contributed by atoms with Crippen molar-refractivity contribution in [2.24, 2.45) is 0 Å². The number of benzene rings is 2. The monoisotopic (exact) mass is 358 g/mol. The van der Waals surface area contributed by atoms with Crippen LogP contribution in [0.4, 0.5) is 0 Å². The molecule has 0 fully saturated rings. The fraction of sp³-hybridized carbons (Fsp3) is 0.0667. The maximum atomic E-state index is 12.1. The molecule has 0 spiro atoms. The summed E-state index contributed by atoms with van der Waals surface area (Å²) in [5.74, 6) is 0.429. The lowest BCUT2D eigenvalue weighted by Gasteiger charge is -2.00. The van der Waals surface area contributed by atoms with Gasteiger partial charge in [-0.2, -0.15) is 4.80 Å². The van der Waals surface area contributed by atoms with Crippen molar-refractivity contribution >= 4 is 21.7 Å². The van der Waals surface area contributed by atoms with Crippen LogP contribution in [-0.4, -0.2) is 31.1 Å². The first kappa shape index (κ1) is 14.4. The zero-order valence-corrected chi connectivity index (χ0v) is 12.9. The molecule has 0 unspecified atom stereocenters. The van der Waals surface area contributed by atoms with Crippen LogP contribution in [-0.2, 0) is 6.54 Å². The molecule has 2 aromatic carbocycles. The summed E-state index contributed by atoms with van der Waals surface area (Å²) in [6.45, 7) is -0.00565. The Kier molecular flexibility index (Phi) is 3.97. The summed E-state index contributed by atoms with van der Waals surface area (Å²) in [6.07, 6.45) is 0. The van der Waals surface area contributed by atoms with Gasteiger partial charge in [-0.1, -0.05) is 15.9 Å². The third-order valence-electron chi connectivity index (χ3n) is 3.03. The fourth-order valence-electron chi connectivity index (χ4n) is 1.89. The summed E-state index contributed by atoms with van der Waals surface area (Å²) in [5, 5.41) is 21.3. The zero-order chi connectivity index (χ0) is 15.5. The number of nitrogens with zero attached hydrogens (tertiary/aromatic N) is 4. The number of hydrogen-bond donors (Lipinski definition) is 1. The number of rotatable bonds is 4. The second-order valence-electron chi connectivity index (χ2n) is 4.62. The van der Waals surface area contributed by atoms with E-state index in [9.17, 15) is 9.90 Å². The number of aromatic hydroxyl groups is 1. The zero-order valence-electron chi connectivity index (χ0n) is 11.3. The van der Waals surface area contributed by atoms with Gasteiger partial charge in [0.2, 0.25) is 5.82 Å². The average Bonchev–Trinajstić information content (AvgIpc) is 2.97. The quantitative estimate of drug-likeness (QED) is 0.725. The number of hydrogen-bond acceptors (Lipinski definition) is 5. The standard InChI is InChI=1S/C15H11BrN4O2/c16-12-5-1-11(2-6-12)15-17-19-20(18-15)9-14(22)10-3-7-13(21)8-4-10/h1-8,21H,9H2. The van der Waals surface area contributed by atoms with Gasteiger partial charge in [-0.25, -0.2) is 0 Å². The van der Waals surface area contributed by atoms with E-state index in [1.54, 1.807) is 12.1 Å². The molecule has 110 valence electrons. The fourth-order valence-corrected chi connectivity index (χ4v) is 2.16. The van der Waals surface area contributed by atoms with Crippen LogP contribution < -0.4 is 0 Å². The van der Waals surface area contributed by atoms with Crippen LogP contribution in [0.15, 0.2) is 53.0 Å². The number of carbonyl (C=O) groups is 1. The third-order valence-corrected chi connectivity index (χ3v) is 3.56. The van der Waals surface area contributed by atoms with Crippen molar-refractivity contribution in [3.63, 3.8) is 0 Å². The van der Waals surface area contributed by atoms with E-state index in [-0.39, 0.29) is 18.1 Å². The Morgan fingerprint density at radius 3 is 2.45 bits per heavy atom. The number of ketones is 1. The van der Waals surface area contributed by atoms with Crippen LogP contribution in [0.3, 0.4) is 0 Å². The van der Waals surface area contributed by atoms with Crippen LogP contribution in [0.5, 0.6) is 5.75 Å². The van der Waals surface area contributed by atoms with E-state index in [0.717, 1.165) is 10.0 Å². The maximum Gasteiger partial charge on any atom is 0.204 e. The van der Waals surface area contributed by atoms with Gasteiger partial charge in [-0.3, -0.25) is 4.79 Å². The first-order chi connectivity index (χ1) is 10.6. The van der Waals surface area contributed by atoms with Crippen molar-refractivity contribution < 1.29 is 9.90 Å². The van der Waals surface area contributed by atoms with E-state index in [1.165, 1.54) is 16.9 Å². The largest absolute Gasteiger partial charge is 0.508 e. The second-order valence-corrected chi connectivity index (χ2v) is 5.54. The molecule has 3 aromatic rings. The van der Waals surface area contributed by atoms with Crippen LogP contribution in [0, 0.1) is 0 Å². The molecule has 0 saturated heterocycles. The number of Topliss-reactive ketones (excluding diaryl/α,β-unsaturated/α-hetero) is 1. The summed E-state index contributed by atoms with van der Waals surface area (Å²) in [5.41, 5.74) is 1.31. The van der Waals surface area contributed by atoms with Gasteiger partial charge in [0, 0.05) is 15.6 Å². The number of phenolic OH excluding ortho intramolecular Hbond substituents is 1. The lowest BCUT2D eigenvalue weighted by molar-refractivity contribution is 0.0961. The minimum absolute atomic E-state index is 0.00565. The number of tetrazole rings is 1. The molecule has 0 aliphatic heterocycles. The summed E-state index contributed by atoms with van der Waals surface area (Å²) in [4.78, 5) is 13.4. The average molecular weight is 359 g/mol. The highest BCUT2D eigenvalue weighted by atomic mass is 79.9. The van der Waals surface area contributed by atoms with E-state index in [4.69, 9.17) is 0 Å². The van der Waals surface area contributed by atoms with Crippen LogP contribution in [0.2, 0.25) is 0 Å². The van der Waals surface area contributed by atoms with Crippen molar-refractivity contribution in [3.8, 4) is 17.1 Å². The lowest BCUT2D eigenvalue weighted by Crippen LogP contribution is -2.13. The van der Waals surface area contributed by atoms with E-state index in [0.29, 0.717) is 11.4 Å². The van der Waals surface area contributed by atoms with Gasteiger partial charge in [-0.05, 0) is 53.7 Å². The van der Waals surface area contributed by atoms with Gasteiger partial charge < -0.3 is 5.11 Å². The number of carbonyl (C=O) groups excluding carboxylic acids is 1. The molecule has 3 rings (SSSR count). The molecule has 1 aromatic heterocycles. The molecule has 0 atom stereocenters. The Hall–Kier alpha value is -2.54. The van der Waals surface area contributed by atoms with Crippen molar-refractivity contribution in [1.29, 1.82) is 0 Å². The maximum absolute atomic E-state index is 12.1. The lowest BCUT2D eigenvalue weighted by atomic mass is 10.1. The molecule has 0 saturated carbocycles. The predicted molar refractivity (Wildman–Crippen MR) is 83.4 cm³/mol. The molecule has 0 radical (unpaired) electrons. The Balaban J connectivity index is 1.75. The minimum Gasteiger partial charge on any atom is -0.508 e.